The molecule has 24 heavy (non-hydrogen) atoms. The zero-order valence-electron chi connectivity index (χ0n) is 14.1. The molecule has 0 aliphatic carbocycles. The van der Waals surface area contributed by atoms with Crippen LogP contribution in [0.3, 0.4) is 0 Å². The lowest BCUT2D eigenvalue weighted by Gasteiger charge is -2.12. The second-order valence-electron chi connectivity index (χ2n) is 4.94. The summed E-state index contributed by atoms with van der Waals surface area (Å²) in [5.74, 6) is -1.15. The third kappa shape index (κ3) is 7.06. The maximum atomic E-state index is 11.9. The van der Waals surface area contributed by atoms with Gasteiger partial charge in [-0.3, -0.25) is 9.59 Å². The van der Waals surface area contributed by atoms with Crippen LogP contribution in [0, 0.1) is 5.92 Å². The molecule has 0 aliphatic heterocycles. The summed E-state index contributed by atoms with van der Waals surface area (Å²) in [5.41, 5.74) is 6.52. The standard InChI is InChI=1S/C16H19NO5.CH4O/c1-10(2)15(19)21-7-6-11(3)16(20)22-13-5-4-12(9-18)14(17)8-13;1-2/h4-5,8-9,11H,1,6-7,17H2,2-3H3;2H,1H3. The molecule has 0 amide bonds. The van der Waals surface area contributed by atoms with Crippen LogP contribution in [0.2, 0.25) is 0 Å². The maximum absolute atomic E-state index is 11.9. The predicted octanol–water partition coefficient (Wildman–Crippen LogP) is 1.74. The van der Waals surface area contributed by atoms with E-state index in [1.54, 1.807) is 13.8 Å². The Balaban J connectivity index is 0.00000254. The van der Waals surface area contributed by atoms with Gasteiger partial charge in [-0.15, -0.1) is 0 Å². The second kappa shape index (κ2) is 11.0. The number of anilines is 1. The molecule has 1 atom stereocenters. The highest BCUT2D eigenvalue weighted by molar-refractivity contribution is 5.87. The van der Waals surface area contributed by atoms with Crippen LogP contribution in [0.4, 0.5) is 5.69 Å². The fraction of sp³-hybridized carbons (Fsp3) is 0.353. The molecule has 1 unspecified atom stereocenters. The predicted molar refractivity (Wildman–Crippen MR) is 89.6 cm³/mol. The number of rotatable bonds is 7. The number of nitrogen functional groups attached to an aromatic ring is 1. The van der Waals surface area contributed by atoms with E-state index in [0.29, 0.717) is 23.8 Å². The summed E-state index contributed by atoms with van der Waals surface area (Å²) in [7, 11) is 1.00. The number of ether oxygens (including phenoxy) is 2. The minimum absolute atomic E-state index is 0.105. The van der Waals surface area contributed by atoms with Crippen molar-refractivity contribution >= 4 is 23.9 Å². The first-order valence-corrected chi connectivity index (χ1v) is 7.19. The summed E-state index contributed by atoms with van der Waals surface area (Å²) in [6, 6.07) is 4.38. The lowest BCUT2D eigenvalue weighted by molar-refractivity contribution is -0.143. The Morgan fingerprint density at radius 2 is 2.00 bits per heavy atom. The molecule has 0 aliphatic rings. The third-order valence-corrected chi connectivity index (χ3v) is 2.94. The van der Waals surface area contributed by atoms with E-state index < -0.39 is 17.9 Å². The average molecular weight is 337 g/mol. The number of benzene rings is 1. The van der Waals surface area contributed by atoms with Gasteiger partial charge in [0.1, 0.15) is 5.75 Å². The molecule has 0 bridgehead atoms. The Kier molecular flexibility index (Phi) is 9.74. The number of hydrogen-bond donors (Lipinski definition) is 2. The molecule has 0 aromatic heterocycles. The first-order chi connectivity index (χ1) is 11.3. The van der Waals surface area contributed by atoms with Gasteiger partial charge in [0, 0.05) is 30.0 Å². The number of carbonyl (C=O) groups excluding carboxylic acids is 3. The van der Waals surface area contributed by atoms with Crippen molar-refractivity contribution in [2.75, 3.05) is 19.5 Å². The Morgan fingerprint density at radius 1 is 1.38 bits per heavy atom. The highest BCUT2D eigenvalue weighted by atomic mass is 16.5. The summed E-state index contributed by atoms with van der Waals surface area (Å²) in [6.07, 6.45) is 0.958. The monoisotopic (exact) mass is 337 g/mol. The number of carbonyl (C=O) groups is 3. The molecule has 0 fully saturated rings. The van der Waals surface area contributed by atoms with Crippen LogP contribution < -0.4 is 10.5 Å². The topological polar surface area (TPSA) is 116 Å². The van der Waals surface area contributed by atoms with Gasteiger partial charge < -0.3 is 20.3 Å². The fourth-order valence-electron chi connectivity index (χ4n) is 1.51. The van der Waals surface area contributed by atoms with Gasteiger partial charge in [0.25, 0.3) is 0 Å². The van der Waals surface area contributed by atoms with Gasteiger partial charge in [-0.25, -0.2) is 4.79 Å². The largest absolute Gasteiger partial charge is 0.462 e. The van der Waals surface area contributed by atoms with E-state index in [1.165, 1.54) is 18.2 Å². The summed E-state index contributed by atoms with van der Waals surface area (Å²) < 4.78 is 10.1. The maximum Gasteiger partial charge on any atom is 0.333 e. The molecule has 3 N–H and O–H groups in total. The number of aldehydes is 1. The van der Waals surface area contributed by atoms with Crippen molar-refractivity contribution in [3.8, 4) is 5.75 Å². The van der Waals surface area contributed by atoms with Gasteiger partial charge in [0.15, 0.2) is 6.29 Å². The van der Waals surface area contributed by atoms with Gasteiger partial charge in [-0.2, -0.15) is 0 Å². The smallest absolute Gasteiger partial charge is 0.333 e. The van der Waals surface area contributed by atoms with Crippen LogP contribution in [-0.2, 0) is 14.3 Å². The Morgan fingerprint density at radius 3 is 2.50 bits per heavy atom. The van der Waals surface area contributed by atoms with E-state index in [9.17, 15) is 14.4 Å². The van der Waals surface area contributed by atoms with Crippen LogP contribution in [0.5, 0.6) is 5.75 Å². The van der Waals surface area contributed by atoms with E-state index in [0.717, 1.165) is 7.11 Å². The van der Waals surface area contributed by atoms with Gasteiger partial charge in [0.2, 0.25) is 0 Å². The fourth-order valence-corrected chi connectivity index (χ4v) is 1.51. The molecule has 0 heterocycles. The molecule has 0 saturated heterocycles. The first kappa shape index (κ1) is 21.3. The number of esters is 2. The second-order valence-corrected chi connectivity index (χ2v) is 4.94. The summed E-state index contributed by atoms with van der Waals surface area (Å²) in [5, 5.41) is 7.00. The Labute approximate surface area is 141 Å². The summed E-state index contributed by atoms with van der Waals surface area (Å²) in [6.45, 7) is 6.78. The first-order valence-electron chi connectivity index (χ1n) is 7.19. The molecule has 7 nitrogen and oxygen atoms in total. The van der Waals surface area contributed by atoms with Crippen LogP contribution in [0.1, 0.15) is 30.6 Å². The zero-order valence-corrected chi connectivity index (χ0v) is 14.1. The van der Waals surface area contributed by atoms with Gasteiger partial charge >= 0.3 is 11.9 Å². The third-order valence-electron chi connectivity index (χ3n) is 2.94. The molecule has 1 aromatic rings. The molecule has 0 spiro atoms. The highest BCUT2D eigenvalue weighted by Gasteiger charge is 2.16. The van der Waals surface area contributed by atoms with Crippen molar-refractivity contribution in [3.05, 3.63) is 35.9 Å². The summed E-state index contributed by atoms with van der Waals surface area (Å²) in [4.78, 5) is 33.8. The van der Waals surface area contributed by atoms with E-state index >= 15 is 0 Å². The Bertz CT molecular complexity index is 597. The van der Waals surface area contributed by atoms with Crippen LogP contribution in [-0.4, -0.2) is 37.0 Å². The van der Waals surface area contributed by atoms with Crippen molar-refractivity contribution in [2.24, 2.45) is 5.92 Å². The van der Waals surface area contributed by atoms with Crippen molar-refractivity contribution in [2.45, 2.75) is 20.3 Å². The lowest BCUT2D eigenvalue weighted by atomic mass is 10.1. The molecule has 132 valence electrons. The normalized spacial score (nSPS) is 10.7. The van der Waals surface area contributed by atoms with Crippen molar-refractivity contribution in [1.29, 1.82) is 0 Å². The molecule has 1 rings (SSSR count). The summed E-state index contributed by atoms with van der Waals surface area (Å²) >= 11 is 0. The number of aliphatic hydroxyl groups is 1. The molecular weight excluding hydrogens is 314 g/mol. The lowest BCUT2D eigenvalue weighted by Crippen LogP contribution is -2.20. The number of aliphatic hydroxyl groups excluding tert-OH is 1. The quantitative estimate of drug-likeness (QED) is 0.256. The van der Waals surface area contributed by atoms with E-state index in [4.69, 9.17) is 20.3 Å². The minimum atomic E-state index is -0.488. The highest BCUT2D eigenvalue weighted by Crippen LogP contribution is 2.20. The molecule has 0 radical (unpaired) electrons. The van der Waals surface area contributed by atoms with E-state index in [1.807, 2.05) is 0 Å². The van der Waals surface area contributed by atoms with Crippen molar-refractivity contribution in [1.82, 2.24) is 0 Å². The Hall–Kier alpha value is -2.67. The molecule has 0 saturated carbocycles. The molecule has 1 aromatic carbocycles. The van der Waals surface area contributed by atoms with Crippen LogP contribution in [0.15, 0.2) is 30.4 Å². The van der Waals surface area contributed by atoms with Crippen molar-refractivity contribution in [3.63, 3.8) is 0 Å². The van der Waals surface area contributed by atoms with Crippen molar-refractivity contribution < 1.29 is 29.0 Å². The van der Waals surface area contributed by atoms with Crippen LogP contribution >= 0.6 is 0 Å². The van der Waals surface area contributed by atoms with Gasteiger partial charge in [-0.05, 0) is 25.5 Å². The SMILES string of the molecule is C=C(C)C(=O)OCCC(C)C(=O)Oc1ccc(C=O)c(N)c1.CO. The molecular formula is C17H23NO6. The minimum Gasteiger partial charge on any atom is -0.462 e. The zero-order chi connectivity index (χ0) is 18.7. The molecule has 7 heteroatoms. The van der Waals surface area contributed by atoms with Crippen LogP contribution in [0.25, 0.3) is 0 Å². The number of nitrogens with two attached hydrogens (primary N) is 1. The van der Waals surface area contributed by atoms with Gasteiger partial charge in [0.05, 0.1) is 12.5 Å². The number of hydrogen-bond acceptors (Lipinski definition) is 7. The van der Waals surface area contributed by atoms with E-state index in [-0.39, 0.29) is 18.0 Å². The average Bonchev–Trinajstić information content (AvgIpc) is 2.56. The van der Waals surface area contributed by atoms with E-state index in [2.05, 4.69) is 6.58 Å². The van der Waals surface area contributed by atoms with Gasteiger partial charge in [-0.1, -0.05) is 13.5 Å².